The summed E-state index contributed by atoms with van der Waals surface area (Å²) in [6.45, 7) is 0. The summed E-state index contributed by atoms with van der Waals surface area (Å²) in [5, 5.41) is 4.58. The Bertz CT molecular complexity index is 5110. The van der Waals surface area contributed by atoms with Crippen LogP contribution in [0.1, 0.15) is 0 Å². The Labute approximate surface area is 477 Å². The number of aromatic nitrogens is 7. The van der Waals surface area contributed by atoms with Crippen molar-refractivity contribution in [2.45, 2.75) is 0 Å². The lowest BCUT2D eigenvalue weighted by molar-refractivity contribution is 0.606. The van der Waals surface area contributed by atoms with Gasteiger partial charge in [0.15, 0.2) is 11.3 Å². The summed E-state index contributed by atoms with van der Waals surface area (Å²) in [4.78, 5) is 25.6. The molecule has 0 aliphatic heterocycles. The lowest BCUT2D eigenvalue weighted by atomic mass is 9.97. The maximum atomic E-state index is 6.45. The van der Waals surface area contributed by atoms with Gasteiger partial charge in [0.2, 0.25) is 11.8 Å². The van der Waals surface area contributed by atoms with Crippen LogP contribution in [0, 0.1) is 0 Å². The summed E-state index contributed by atoms with van der Waals surface area (Å²) in [5.74, 6) is 1.70. The van der Waals surface area contributed by atoms with Gasteiger partial charge in [0.05, 0.1) is 33.5 Å². The van der Waals surface area contributed by atoms with E-state index in [0.29, 0.717) is 34.6 Å². The number of hydrogen-bond donors (Lipinski definition) is 0. The predicted molar refractivity (Wildman–Crippen MR) is 337 cm³/mol. The Morgan fingerprint density at radius 3 is 1.30 bits per heavy atom. The van der Waals surface area contributed by atoms with Crippen LogP contribution >= 0.6 is 0 Å². The number of para-hydroxylation sites is 2. The molecule has 0 saturated heterocycles. The molecule has 388 valence electrons. The van der Waals surface area contributed by atoms with E-state index in [1.807, 2.05) is 72.8 Å². The topological polar surface area (TPSA) is 87.5 Å². The van der Waals surface area contributed by atoms with E-state index in [2.05, 4.69) is 221 Å². The molecular weight excluding hydrogens is 1010 g/mol. The number of hydrogen-bond acceptors (Lipinski definition) is 6. The van der Waals surface area contributed by atoms with Gasteiger partial charge in [-0.15, -0.1) is 0 Å². The van der Waals surface area contributed by atoms with Gasteiger partial charge in [-0.1, -0.05) is 212 Å². The molecule has 5 aromatic heterocycles. The van der Waals surface area contributed by atoms with Crippen molar-refractivity contribution in [3.8, 4) is 102 Å². The zero-order valence-corrected chi connectivity index (χ0v) is 44.7. The van der Waals surface area contributed by atoms with Crippen molar-refractivity contribution < 1.29 is 4.42 Å². The molecule has 11 aromatic carbocycles. The van der Waals surface area contributed by atoms with E-state index in [-0.39, 0.29) is 0 Å². The molecule has 0 atom stereocenters. The number of fused-ring (bicyclic) bond motifs is 7. The Morgan fingerprint density at radius 1 is 0.265 bits per heavy atom. The molecule has 0 spiro atoms. The normalized spacial score (nSPS) is 11.6. The third-order valence-electron chi connectivity index (χ3n) is 15.9. The van der Waals surface area contributed by atoms with Crippen LogP contribution in [0.25, 0.3) is 156 Å². The maximum absolute atomic E-state index is 6.45. The predicted octanol–water partition coefficient (Wildman–Crippen LogP) is 18.9. The third-order valence-corrected chi connectivity index (χ3v) is 15.9. The van der Waals surface area contributed by atoms with Gasteiger partial charge in [0.1, 0.15) is 5.69 Å². The van der Waals surface area contributed by atoms with Gasteiger partial charge in [-0.3, -0.25) is 4.57 Å². The van der Waals surface area contributed by atoms with E-state index >= 15 is 0 Å². The fraction of sp³-hybridized carbons (Fsp3) is 0. The molecule has 5 heterocycles. The summed E-state index contributed by atoms with van der Waals surface area (Å²) >= 11 is 0. The fourth-order valence-corrected chi connectivity index (χ4v) is 11.8. The fourth-order valence-electron chi connectivity index (χ4n) is 11.8. The van der Waals surface area contributed by atoms with Crippen LogP contribution in [-0.2, 0) is 0 Å². The molecular formula is C75H47N7O. The van der Waals surface area contributed by atoms with Crippen molar-refractivity contribution in [1.82, 2.24) is 34.1 Å². The molecule has 0 amide bonds. The lowest BCUT2D eigenvalue weighted by Gasteiger charge is -2.12. The van der Waals surface area contributed by atoms with Gasteiger partial charge in [-0.05, 0) is 106 Å². The molecule has 8 heteroatoms. The van der Waals surface area contributed by atoms with Crippen molar-refractivity contribution >= 4 is 54.8 Å². The van der Waals surface area contributed by atoms with Gasteiger partial charge in [0.25, 0.3) is 5.71 Å². The monoisotopic (exact) mass is 1060 g/mol. The first-order valence-electron chi connectivity index (χ1n) is 27.8. The standard InChI is InChI=1S/C75H47N7O/c1-5-18-48(19-6-1)49-32-34-50(35-33-49)64-47-65(77-72(76-64)53-22-9-3-10-23-53)51-36-40-59(41-37-51)81-66-30-15-13-28-60(66)62-45-57(38-42-68(62)81)55-26-17-27-56(44-55)58-39-43-69-63(46-58)61-29-14-16-31-67(61)82(69)75-79-70(52-20-7-2-8-21-52)71-74(80-75)83-73(78-71)54-24-11-4-12-25-54/h1-47H. The zero-order chi connectivity index (χ0) is 54.8. The second kappa shape index (κ2) is 19.8. The van der Waals surface area contributed by atoms with Crippen molar-refractivity contribution in [3.63, 3.8) is 0 Å². The molecule has 0 N–H and O–H groups in total. The highest BCUT2D eigenvalue weighted by Gasteiger charge is 2.22. The SMILES string of the molecule is c1ccc(-c2ccc(-c3cc(-c4ccc(-n5c6ccccc6c6cc(-c7cccc(-c8ccc9c(c8)c8ccccc8n9-c8nc(-c9ccccc9)c9nc(-c%10ccccc%10)oc9n8)c7)ccc65)cc4)nc(-c4ccccc4)n3)cc2)cc1. The summed E-state index contributed by atoms with van der Waals surface area (Å²) in [7, 11) is 0. The Kier molecular flexibility index (Phi) is 11.3. The molecule has 0 bridgehead atoms. The van der Waals surface area contributed by atoms with Crippen LogP contribution < -0.4 is 0 Å². The van der Waals surface area contributed by atoms with Crippen molar-refractivity contribution in [2.75, 3.05) is 0 Å². The molecule has 8 nitrogen and oxygen atoms in total. The Morgan fingerprint density at radius 2 is 0.699 bits per heavy atom. The van der Waals surface area contributed by atoms with Gasteiger partial charge >= 0.3 is 0 Å². The molecule has 83 heavy (non-hydrogen) atoms. The summed E-state index contributed by atoms with van der Waals surface area (Å²) in [5.41, 5.74) is 20.5. The summed E-state index contributed by atoms with van der Waals surface area (Å²) in [6, 6.07) is 99.8. The second-order valence-electron chi connectivity index (χ2n) is 20.8. The molecule has 0 aliphatic carbocycles. The lowest BCUT2D eigenvalue weighted by Crippen LogP contribution is -2.03. The van der Waals surface area contributed by atoms with Crippen LogP contribution in [0.15, 0.2) is 290 Å². The van der Waals surface area contributed by atoms with E-state index in [9.17, 15) is 0 Å². The second-order valence-corrected chi connectivity index (χ2v) is 20.8. The first-order valence-corrected chi connectivity index (χ1v) is 27.8. The maximum Gasteiger partial charge on any atom is 0.252 e. The highest BCUT2D eigenvalue weighted by atomic mass is 16.4. The van der Waals surface area contributed by atoms with Crippen LogP contribution in [0.5, 0.6) is 0 Å². The summed E-state index contributed by atoms with van der Waals surface area (Å²) < 4.78 is 11.0. The molecule has 16 rings (SSSR count). The van der Waals surface area contributed by atoms with E-state index < -0.39 is 0 Å². The molecule has 0 unspecified atom stereocenters. The molecule has 16 aromatic rings. The molecule has 0 radical (unpaired) electrons. The number of benzene rings is 11. The highest BCUT2D eigenvalue weighted by Crippen LogP contribution is 2.40. The van der Waals surface area contributed by atoms with E-state index in [1.54, 1.807) is 0 Å². The highest BCUT2D eigenvalue weighted by molar-refractivity contribution is 6.12. The number of oxazole rings is 1. The number of rotatable bonds is 10. The zero-order valence-electron chi connectivity index (χ0n) is 44.7. The summed E-state index contributed by atoms with van der Waals surface area (Å²) in [6.07, 6.45) is 0. The average Bonchev–Trinajstić information content (AvgIpc) is 3.89. The van der Waals surface area contributed by atoms with E-state index in [0.717, 1.165) is 106 Å². The number of nitrogens with zero attached hydrogens (tertiary/aromatic N) is 7. The van der Waals surface area contributed by atoms with Gasteiger partial charge in [-0.25, -0.2) is 19.9 Å². The van der Waals surface area contributed by atoms with E-state index in [4.69, 9.17) is 29.3 Å². The van der Waals surface area contributed by atoms with Gasteiger partial charge < -0.3 is 8.98 Å². The largest absolute Gasteiger partial charge is 0.417 e. The molecule has 0 fully saturated rings. The first-order chi connectivity index (χ1) is 41.1. The average molecular weight is 1060 g/mol. The first kappa shape index (κ1) is 47.6. The Hall–Kier alpha value is -11.4. The van der Waals surface area contributed by atoms with Crippen molar-refractivity contribution in [1.29, 1.82) is 0 Å². The van der Waals surface area contributed by atoms with Crippen LogP contribution in [-0.4, -0.2) is 34.1 Å². The third kappa shape index (κ3) is 8.44. The quantitative estimate of drug-likeness (QED) is 0.136. The smallest absolute Gasteiger partial charge is 0.252 e. The minimum atomic E-state index is 0.428. The Balaban J connectivity index is 0.741. The van der Waals surface area contributed by atoms with Crippen molar-refractivity contribution in [3.05, 3.63) is 285 Å². The van der Waals surface area contributed by atoms with Gasteiger partial charge in [0, 0.05) is 55.0 Å². The van der Waals surface area contributed by atoms with E-state index in [1.165, 1.54) is 16.3 Å². The van der Waals surface area contributed by atoms with Crippen LogP contribution in [0.2, 0.25) is 0 Å². The minimum Gasteiger partial charge on any atom is -0.417 e. The van der Waals surface area contributed by atoms with Gasteiger partial charge in [-0.2, -0.15) is 4.98 Å². The van der Waals surface area contributed by atoms with Crippen molar-refractivity contribution in [2.24, 2.45) is 0 Å². The molecule has 0 saturated carbocycles. The minimum absolute atomic E-state index is 0.428. The molecule has 0 aliphatic rings. The van der Waals surface area contributed by atoms with Crippen LogP contribution in [0.3, 0.4) is 0 Å². The van der Waals surface area contributed by atoms with Crippen LogP contribution in [0.4, 0.5) is 0 Å².